The van der Waals surface area contributed by atoms with Gasteiger partial charge in [-0.2, -0.15) is 0 Å². The van der Waals surface area contributed by atoms with Crippen molar-refractivity contribution < 1.29 is 17.7 Å². The average Bonchev–Trinajstić information content (AvgIpc) is 2.69. The summed E-state index contributed by atoms with van der Waals surface area (Å²) in [5, 5.41) is 11.3. The van der Waals surface area contributed by atoms with Crippen molar-refractivity contribution in [1.29, 1.82) is 0 Å². The quantitative estimate of drug-likeness (QED) is 0.884. The molecule has 0 fully saturated rings. The van der Waals surface area contributed by atoms with Gasteiger partial charge in [0.1, 0.15) is 0 Å². The molecule has 0 aliphatic carbocycles. The van der Waals surface area contributed by atoms with Crippen LogP contribution in [-0.2, 0) is 14.8 Å². The fourth-order valence-electron chi connectivity index (χ4n) is 1.77. The van der Waals surface area contributed by atoms with Crippen LogP contribution in [0, 0.1) is 6.92 Å². The molecule has 106 valence electrons. The minimum atomic E-state index is -3.74. The van der Waals surface area contributed by atoms with Crippen molar-refractivity contribution in [3.63, 3.8) is 0 Å². The number of hydrogen-bond donors (Lipinski definition) is 2. The second kappa shape index (κ2) is 5.06. The molecule has 20 heavy (non-hydrogen) atoms. The van der Waals surface area contributed by atoms with Crippen molar-refractivity contribution in [1.82, 2.24) is 5.16 Å². The third kappa shape index (κ3) is 2.86. The summed E-state index contributed by atoms with van der Waals surface area (Å²) in [7, 11) is -3.74. The molecule has 7 nitrogen and oxygen atoms in total. The van der Waals surface area contributed by atoms with Crippen molar-refractivity contribution in [2.24, 2.45) is 5.14 Å². The molecule has 2 rings (SSSR count). The lowest BCUT2D eigenvalue weighted by Gasteiger charge is -2.04. The number of amides is 1. The number of aryl methyl sites for hydroxylation is 1. The number of rotatable bonds is 3. The Morgan fingerprint density at radius 2 is 1.90 bits per heavy atom. The lowest BCUT2D eigenvalue weighted by molar-refractivity contribution is -0.114. The monoisotopic (exact) mass is 295 g/mol. The summed E-state index contributed by atoms with van der Waals surface area (Å²) in [4.78, 5) is 11.1. The van der Waals surface area contributed by atoms with E-state index < -0.39 is 10.0 Å². The van der Waals surface area contributed by atoms with E-state index in [1.807, 2.05) is 0 Å². The molecule has 0 saturated carbocycles. The highest BCUT2D eigenvalue weighted by Crippen LogP contribution is 2.31. The second-order valence-corrected chi connectivity index (χ2v) is 5.78. The van der Waals surface area contributed by atoms with Gasteiger partial charge in [0.05, 0.1) is 16.2 Å². The summed E-state index contributed by atoms with van der Waals surface area (Å²) >= 11 is 0. The van der Waals surface area contributed by atoms with Crippen LogP contribution < -0.4 is 10.5 Å². The van der Waals surface area contributed by atoms with E-state index in [1.54, 1.807) is 19.1 Å². The van der Waals surface area contributed by atoms with Crippen LogP contribution in [0.25, 0.3) is 11.1 Å². The number of nitrogens with one attached hydrogen (secondary N) is 1. The summed E-state index contributed by atoms with van der Waals surface area (Å²) in [5.74, 6) is -0.0677. The van der Waals surface area contributed by atoms with Gasteiger partial charge in [-0.25, -0.2) is 13.6 Å². The van der Waals surface area contributed by atoms with Gasteiger partial charge in [-0.15, -0.1) is 0 Å². The topological polar surface area (TPSA) is 115 Å². The Morgan fingerprint density at radius 3 is 2.40 bits per heavy atom. The molecule has 0 spiro atoms. The molecule has 0 unspecified atom stereocenters. The minimum Gasteiger partial charge on any atom is -0.337 e. The summed E-state index contributed by atoms with van der Waals surface area (Å²) in [5.41, 5.74) is 1.85. The van der Waals surface area contributed by atoms with Crippen LogP contribution >= 0.6 is 0 Å². The predicted octanol–water partition coefficient (Wildman–Crippen LogP) is 1.26. The van der Waals surface area contributed by atoms with Crippen molar-refractivity contribution >= 4 is 21.8 Å². The first kappa shape index (κ1) is 14.2. The van der Waals surface area contributed by atoms with Crippen LogP contribution in [0.15, 0.2) is 33.7 Å². The van der Waals surface area contributed by atoms with E-state index in [2.05, 4.69) is 10.5 Å². The van der Waals surface area contributed by atoms with Crippen molar-refractivity contribution in [2.45, 2.75) is 18.7 Å². The molecule has 0 bridgehead atoms. The Balaban J connectivity index is 2.47. The number of sulfonamides is 1. The third-order valence-electron chi connectivity index (χ3n) is 2.62. The molecule has 0 aliphatic heterocycles. The third-order valence-corrected chi connectivity index (χ3v) is 3.55. The number of anilines is 1. The Bertz CT molecular complexity index is 748. The Morgan fingerprint density at radius 1 is 1.30 bits per heavy atom. The smallest absolute Gasteiger partial charge is 0.239 e. The lowest BCUT2D eigenvalue weighted by atomic mass is 10.1. The first-order valence-corrected chi connectivity index (χ1v) is 7.21. The number of nitrogens with zero attached hydrogens (tertiary/aromatic N) is 1. The SMILES string of the molecule is CC(=O)Nc1onc(C)c1-c1ccc(S(N)(=O)=O)cc1. The maximum absolute atomic E-state index is 11.2. The standard InChI is InChI=1S/C12H13N3O4S/c1-7-11(12(19-15-7)14-8(2)16)9-3-5-10(6-4-9)20(13,17)18/h3-6H,1-2H3,(H,14,16)(H2,13,17,18). The highest BCUT2D eigenvalue weighted by atomic mass is 32.2. The number of benzene rings is 1. The van der Waals surface area contributed by atoms with Crippen LogP contribution in [0.1, 0.15) is 12.6 Å². The molecule has 0 radical (unpaired) electrons. The van der Waals surface area contributed by atoms with Crippen LogP contribution in [0.3, 0.4) is 0 Å². The second-order valence-electron chi connectivity index (χ2n) is 4.22. The number of carbonyl (C=O) groups excluding carboxylic acids is 1. The normalized spacial score (nSPS) is 11.3. The molecule has 1 aromatic heterocycles. The van der Waals surface area contributed by atoms with Crippen molar-refractivity contribution in [3.05, 3.63) is 30.0 Å². The summed E-state index contributed by atoms with van der Waals surface area (Å²) in [6.45, 7) is 3.07. The van der Waals surface area contributed by atoms with E-state index in [4.69, 9.17) is 9.66 Å². The minimum absolute atomic E-state index is 0.0106. The molecule has 1 heterocycles. The molecule has 0 saturated heterocycles. The van der Waals surface area contributed by atoms with E-state index in [9.17, 15) is 13.2 Å². The van der Waals surface area contributed by atoms with Gasteiger partial charge in [0, 0.05) is 6.92 Å². The van der Waals surface area contributed by atoms with E-state index in [-0.39, 0.29) is 16.7 Å². The zero-order valence-electron chi connectivity index (χ0n) is 10.9. The average molecular weight is 295 g/mol. The van der Waals surface area contributed by atoms with Crippen LogP contribution in [0.4, 0.5) is 5.88 Å². The van der Waals surface area contributed by atoms with Gasteiger partial charge in [0.25, 0.3) is 0 Å². The van der Waals surface area contributed by atoms with Crippen LogP contribution in [0.5, 0.6) is 0 Å². The maximum Gasteiger partial charge on any atom is 0.239 e. The Hall–Kier alpha value is -2.19. The fraction of sp³-hybridized carbons (Fsp3) is 0.167. The largest absolute Gasteiger partial charge is 0.337 e. The number of nitrogens with two attached hydrogens (primary N) is 1. The first-order valence-electron chi connectivity index (χ1n) is 5.66. The van der Waals surface area contributed by atoms with E-state index >= 15 is 0 Å². The molecule has 3 N–H and O–H groups in total. The van der Waals surface area contributed by atoms with E-state index in [1.165, 1.54) is 19.1 Å². The first-order chi connectivity index (χ1) is 9.29. The molecular formula is C12H13N3O4S. The molecule has 1 aromatic carbocycles. The summed E-state index contributed by atoms with van der Waals surface area (Å²) in [6, 6.07) is 5.92. The van der Waals surface area contributed by atoms with Crippen LogP contribution in [-0.4, -0.2) is 19.5 Å². The number of aromatic nitrogens is 1. The molecule has 2 aromatic rings. The summed E-state index contributed by atoms with van der Waals surface area (Å²) < 4.78 is 27.4. The number of hydrogen-bond acceptors (Lipinski definition) is 5. The number of carbonyl (C=O) groups is 1. The fourth-order valence-corrected chi connectivity index (χ4v) is 2.28. The highest BCUT2D eigenvalue weighted by molar-refractivity contribution is 7.89. The molecule has 1 amide bonds. The van der Waals surface area contributed by atoms with Gasteiger partial charge >= 0.3 is 0 Å². The zero-order valence-corrected chi connectivity index (χ0v) is 11.7. The predicted molar refractivity (Wildman–Crippen MR) is 72.4 cm³/mol. The molecule has 8 heteroatoms. The van der Waals surface area contributed by atoms with Crippen LogP contribution in [0.2, 0.25) is 0 Å². The highest BCUT2D eigenvalue weighted by Gasteiger charge is 2.17. The molecule has 0 atom stereocenters. The maximum atomic E-state index is 11.2. The molecular weight excluding hydrogens is 282 g/mol. The van der Waals surface area contributed by atoms with Gasteiger partial charge in [0.2, 0.25) is 21.8 Å². The van der Waals surface area contributed by atoms with Gasteiger partial charge < -0.3 is 4.52 Å². The Labute approximate surface area is 115 Å². The molecule has 0 aliphatic rings. The number of primary sulfonamides is 1. The van der Waals surface area contributed by atoms with Crippen molar-refractivity contribution in [3.8, 4) is 11.1 Å². The van der Waals surface area contributed by atoms with Gasteiger partial charge in [-0.05, 0) is 24.6 Å². The lowest BCUT2D eigenvalue weighted by Crippen LogP contribution is -2.11. The van der Waals surface area contributed by atoms with Gasteiger partial charge in [-0.3, -0.25) is 10.1 Å². The Kier molecular flexibility index (Phi) is 3.60. The summed E-state index contributed by atoms with van der Waals surface area (Å²) in [6.07, 6.45) is 0. The van der Waals surface area contributed by atoms with E-state index in [0.717, 1.165) is 0 Å². The van der Waals surface area contributed by atoms with E-state index in [0.29, 0.717) is 16.8 Å². The van der Waals surface area contributed by atoms with Gasteiger partial charge in [-0.1, -0.05) is 17.3 Å². The van der Waals surface area contributed by atoms with Crippen molar-refractivity contribution in [2.75, 3.05) is 5.32 Å². The van der Waals surface area contributed by atoms with Gasteiger partial charge in [0.15, 0.2) is 0 Å². The zero-order chi connectivity index (χ0) is 14.9.